The third-order valence-electron chi connectivity index (χ3n) is 4.83. The number of amides is 4. The highest BCUT2D eigenvalue weighted by Crippen LogP contribution is 2.21. The van der Waals surface area contributed by atoms with Crippen LogP contribution in [-0.2, 0) is 19.2 Å². The van der Waals surface area contributed by atoms with Gasteiger partial charge in [-0.15, -0.1) is 0 Å². The summed E-state index contributed by atoms with van der Waals surface area (Å²) in [4.78, 5) is 65.2. The van der Waals surface area contributed by atoms with Crippen molar-refractivity contribution < 1.29 is 24.0 Å². The Hall–Kier alpha value is -3.01. The van der Waals surface area contributed by atoms with Crippen molar-refractivity contribution in [3.8, 4) is 0 Å². The molecular weight excluding hydrogens is 414 g/mol. The Morgan fingerprint density at radius 3 is 2.60 bits per heavy atom. The number of carbonyl (C=O) groups is 5. The molecule has 1 aromatic heterocycles. The molecule has 10 nitrogen and oxygen atoms in total. The first-order valence-corrected chi connectivity index (χ1v) is 9.98. The number of anilines is 1. The Labute approximate surface area is 177 Å². The zero-order valence-corrected chi connectivity index (χ0v) is 17.0. The minimum Gasteiger partial charge on any atom is -0.356 e. The number of nitrogens with one attached hydrogen (secondary N) is 4. The molecule has 4 amide bonds. The van der Waals surface area contributed by atoms with Crippen LogP contribution in [0.4, 0.5) is 5.82 Å². The first-order chi connectivity index (χ1) is 14.2. The molecule has 30 heavy (non-hydrogen) atoms. The fourth-order valence-electron chi connectivity index (χ4n) is 3.14. The van der Waals surface area contributed by atoms with Gasteiger partial charge in [0.25, 0.3) is 11.8 Å². The molecule has 160 valence electrons. The van der Waals surface area contributed by atoms with Crippen molar-refractivity contribution in [2.45, 2.75) is 44.7 Å². The highest BCUT2D eigenvalue weighted by Gasteiger charge is 2.36. The lowest BCUT2D eigenvalue weighted by Gasteiger charge is -2.20. The van der Waals surface area contributed by atoms with Gasteiger partial charge in [-0.25, -0.2) is 4.98 Å². The van der Waals surface area contributed by atoms with Crippen LogP contribution in [0.15, 0.2) is 12.3 Å². The van der Waals surface area contributed by atoms with Crippen molar-refractivity contribution in [3.05, 3.63) is 22.8 Å². The zero-order chi connectivity index (χ0) is 21.8. The van der Waals surface area contributed by atoms with Gasteiger partial charge in [0, 0.05) is 31.6 Å². The molecule has 11 heteroatoms. The molecule has 2 unspecified atom stereocenters. The Morgan fingerprint density at radius 1 is 1.27 bits per heavy atom. The van der Waals surface area contributed by atoms with E-state index in [1.54, 1.807) is 0 Å². The predicted molar refractivity (Wildman–Crippen MR) is 107 cm³/mol. The molecule has 1 aromatic rings. The van der Waals surface area contributed by atoms with Crippen LogP contribution in [0.5, 0.6) is 0 Å². The lowest BCUT2D eigenvalue weighted by molar-refractivity contribution is -0.139. The Morgan fingerprint density at radius 2 is 2.00 bits per heavy atom. The number of hydrogen-bond acceptors (Lipinski definition) is 6. The van der Waals surface area contributed by atoms with E-state index in [-0.39, 0.29) is 34.8 Å². The first kappa shape index (κ1) is 21.7. The largest absolute Gasteiger partial charge is 0.356 e. The lowest BCUT2D eigenvalue weighted by atomic mass is 9.95. The molecule has 1 aliphatic carbocycles. The van der Waals surface area contributed by atoms with Gasteiger partial charge in [0.15, 0.2) is 0 Å². The highest BCUT2D eigenvalue weighted by atomic mass is 35.5. The van der Waals surface area contributed by atoms with E-state index in [4.69, 9.17) is 11.6 Å². The van der Waals surface area contributed by atoms with E-state index < -0.39 is 35.5 Å². The normalized spacial score (nSPS) is 18.9. The number of halogens is 1. The van der Waals surface area contributed by atoms with E-state index in [1.807, 2.05) is 0 Å². The Bertz CT molecular complexity index is 901. The lowest BCUT2D eigenvalue weighted by Crippen LogP contribution is -2.49. The third-order valence-corrected chi connectivity index (χ3v) is 5.04. The van der Waals surface area contributed by atoms with Crippen molar-refractivity contribution >= 4 is 46.8 Å². The predicted octanol–water partition coefficient (Wildman–Crippen LogP) is 0.166. The van der Waals surface area contributed by atoms with E-state index in [9.17, 15) is 24.0 Å². The van der Waals surface area contributed by atoms with Gasteiger partial charge in [-0.1, -0.05) is 11.6 Å². The molecule has 4 N–H and O–H groups in total. The maximum absolute atomic E-state index is 12.9. The first-order valence-electron chi connectivity index (χ1n) is 9.61. The van der Waals surface area contributed by atoms with Crippen LogP contribution in [0.2, 0.25) is 5.02 Å². The number of ketones is 1. The van der Waals surface area contributed by atoms with E-state index >= 15 is 0 Å². The maximum Gasteiger partial charge on any atom is 0.289 e. The van der Waals surface area contributed by atoms with Crippen molar-refractivity contribution in [1.29, 1.82) is 0 Å². The molecular formula is C19H22ClN5O5. The topological polar surface area (TPSA) is 146 Å². The summed E-state index contributed by atoms with van der Waals surface area (Å²) < 4.78 is 0. The van der Waals surface area contributed by atoms with Crippen LogP contribution in [0, 0.1) is 5.92 Å². The number of pyridine rings is 1. The monoisotopic (exact) mass is 435 g/mol. The molecule has 0 bridgehead atoms. The smallest absolute Gasteiger partial charge is 0.289 e. The van der Waals surface area contributed by atoms with Crippen LogP contribution < -0.4 is 21.3 Å². The van der Waals surface area contributed by atoms with Crippen molar-refractivity contribution in [2.75, 3.05) is 11.9 Å². The summed E-state index contributed by atoms with van der Waals surface area (Å²) in [5.41, 5.74) is -0.0611. The summed E-state index contributed by atoms with van der Waals surface area (Å²) in [6.45, 7) is 1.72. The van der Waals surface area contributed by atoms with Crippen LogP contribution in [-0.4, -0.2) is 53.0 Å². The fourth-order valence-corrected chi connectivity index (χ4v) is 3.30. The molecule has 1 aliphatic heterocycles. The number of Topliss-reactive ketones (excluding diaryl/α,β-unsaturated/α-hetero) is 1. The molecule has 1 saturated carbocycles. The zero-order valence-electron chi connectivity index (χ0n) is 16.3. The van der Waals surface area contributed by atoms with Gasteiger partial charge in [-0.05, 0) is 31.7 Å². The Kier molecular flexibility index (Phi) is 6.66. The summed E-state index contributed by atoms with van der Waals surface area (Å²) in [5, 5.41) is 10.4. The second kappa shape index (κ2) is 9.21. The molecule has 2 fully saturated rings. The molecule has 2 atom stereocenters. The van der Waals surface area contributed by atoms with E-state index in [2.05, 4.69) is 26.3 Å². The fraction of sp³-hybridized carbons (Fsp3) is 0.474. The molecule has 2 aliphatic rings. The number of rotatable bonds is 8. The summed E-state index contributed by atoms with van der Waals surface area (Å²) in [5.74, 6) is -3.58. The van der Waals surface area contributed by atoms with Gasteiger partial charge in [0.05, 0.1) is 16.6 Å². The molecule has 3 rings (SSSR count). The van der Waals surface area contributed by atoms with Crippen LogP contribution in [0.1, 0.15) is 43.0 Å². The minimum atomic E-state index is -1.21. The molecule has 0 spiro atoms. The van der Waals surface area contributed by atoms with Crippen molar-refractivity contribution in [3.63, 3.8) is 0 Å². The quantitative estimate of drug-likeness (QED) is 0.428. The van der Waals surface area contributed by atoms with Gasteiger partial charge >= 0.3 is 0 Å². The van der Waals surface area contributed by atoms with E-state index in [0.29, 0.717) is 13.0 Å². The molecule has 0 radical (unpaired) electrons. The SMILES string of the molecule is CC(=O)Nc1ncc(Cl)cc1C(=O)NC(CC1CCNC1=O)C(=O)C(=O)NC1CC1. The average molecular weight is 436 g/mol. The van der Waals surface area contributed by atoms with Gasteiger partial charge in [-0.2, -0.15) is 0 Å². The maximum atomic E-state index is 12.9. The molecule has 0 aromatic carbocycles. The summed E-state index contributed by atoms with van der Waals surface area (Å²) in [7, 11) is 0. The number of nitrogens with zero attached hydrogens (tertiary/aromatic N) is 1. The number of carbonyl (C=O) groups excluding carboxylic acids is 5. The van der Waals surface area contributed by atoms with Gasteiger partial charge in [-0.3, -0.25) is 24.0 Å². The van der Waals surface area contributed by atoms with Gasteiger partial charge in [0.2, 0.25) is 17.6 Å². The van der Waals surface area contributed by atoms with Gasteiger partial charge in [0.1, 0.15) is 5.82 Å². The van der Waals surface area contributed by atoms with Gasteiger partial charge < -0.3 is 21.3 Å². The number of hydrogen-bond donors (Lipinski definition) is 4. The van der Waals surface area contributed by atoms with Crippen LogP contribution in [0.3, 0.4) is 0 Å². The number of aromatic nitrogens is 1. The van der Waals surface area contributed by atoms with Crippen molar-refractivity contribution in [2.24, 2.45) is 5.92 Å². The van der Waals surface area contributed by atoms with Crippen LogP contribution in [0.25, 0.3) is 0 Å². The van der Waals surface area contributed by atoms with Crippen molar-refractivity contribution in [1.82, 2.24) is 20.9 Å². The summed E-state index contributed by atoms with van der Waals surface area (Å²) in [6, 6.07) is 0.0498. The second-order valence-electron chi connectivity index (χ2n) is 7.38. The average Bonchev–Trinajstić information content (AvgIpc) is 3.41. The summed E-state index contributed by atoms with van der Waals surface area (Å²) in [6.07, 6.45) is 3.35. The van der Waals surface area contributed by atoms with E-state index in [0.717, 1.165) is 12.8 Å². The van der Waals surface area contributed by atoms with Crippen LogP contribution >= 0.6 is 11.6 Å². The molecule has 1 saturated heterocycles. The molecule has 2 heterocycles. The van der Waals surface area contributed by atoms with E-state index in [1.165, 1.54) is 19.2 Å². The highest BCUT2D eigenvalue weighted by molar-refractivity contribution is 6.38. The standard InChI is InChI=1S/C19H22ClN5O5/c1-9(26)23-16-13(7-11(20)8-22-16)18(29)25-14(6-10-4-5-21-17(10)28)15(27)19(30)24-12-2-3-12/h7-8,10,12,14H,2-6H2,1H3,(H,21,28)(H,24,30)(H,25,29)(H,22,23,26). The summed E-state index contributed by atoms with van der Waals surface area (Å²) >= 11 is 5.93. The minimum absolute atomic E-state index is 0.0159. The second-order valence-corrected chi connectivity index (χ2v) is 7.82. The third kappa shape index (κ3) is 5.53. The Balaban J connectivity index is 1.80.